The zero-order valence-electron chi connectivity index (χ0n) is 9.16. The normalized spacial score (nSPS) is 27.9. The molecule has 5 nitrogen and oxygen atoms in total. The Morgan fingerprint density at radius 3 is 2.25 bits per heavy atom. The lowest BCUT2D eigenvalue weighted by atomic mass is 10.7. The highest BCUT2D eigenvalue weighted by Crippen LogP contribution is 2.22. The number of fused-ring (bicyclic) bond motifs is 1. The zero-order valence-corrected chi connectivity index (χ0v) is 9.16. The number of aliphatic imine (C=N–C) groups is 1. The number of guanidine groups is 1. The van der Waals surface area contributed by atoms with Gasteiger partial charge >= 0.3 is 6.30 Å². The van der Waals surface area contributed by atoms with Gasteiger partial charge in [-0.2, -0.15) is 4.99 Å². The third kappa shape index (κ3) is 4.67. The molecule has 0 radical (unpaired) electrons. The van der Waals surface area contributed by atoms with Crippen LogP contribution in [-0.2, 0) is 4.74 Å². The first kappa shape index (κ1) is 13.0. The molecule has 0 spiro atoms. The van der Waals surface area contributed by atoms with Gasteiger partial charge in [-0.15, -0.1) is 13.2 Å². The Hall–Kier alpha value is -1.02. The van der Waals surface area contributed by atoms with Crippen LogP contribution in [0.3, 0.4) is 0 Å². The van der Waals surface area contributed by atoms with Gasteiger partial charge in [0.25, 0.3) is 0 Å². The first-order chi connectivity index (χ1) is 7.29. The zero-order chi connectivity index (χ0) is 12.3. The Balaban J connectivity index is 0.000000176. The summed E-state index contributed by atoms with van der Waals surface area (Å²) in [6.07, 6.45) is -4.03. The highest BCUT2D eigenvalue weighted by atomic mass is 19.4. The van der Waals surface area contributed by atoms with Crippen molar-refractivity contribution >= 4 is 5.96 Å². The van der Waals surface area contributed by atoms with E-state index in [4.69, 9.17) is 10.5 Å². The van der Waals surface area contributed by atoms with E-state index in [1.54, 1.807) is 0 Å². The standard InChI is InChI=1S/C4H8F3N3.C4H7NO/c1-10(2)3(8)9-4(5,6)7;1-2-6-4-3-5(1)4/h1-2H3,(H2,8,9);4H,1-3H2. The molecule has 2 fully saturated rings. The Morgan fingerprint density at radius 2 is 2.12 bits per heavy atom. The molecule has 0 amide bonds. The summed E-state index contributed by atoms with van der Waals surface area (Å²) in [5.74, 6) is -0.549. The summed E-state index contributed by atoms with van der Waals surface area (Å²) in [5, 5.41) is 0. The molecule has 94 valence electrons. The van der Waals surface area contributed by atoms with Crippen molar-refractivity contribution < 1.29 is 17.9 Å². The van der Waals surface area contributed by atoms with E-state index in [1.165, 1.54) is 27.2 Å². The predicted octanol–water partition coefficient (Wildman–Crippen LogP) is 0.0408. The molecule has 2 heterocycles. The molecule has 0 saturated carbocycles. The molecule has 2 aliphatic heterocycles. The number of hydrogen-bond acceptors (Lipinski definition) is 3. The highest BCUT2D eigenvalue weighted by molar-refractivity contribution is 5.77. The molecule has 0 bridgehead atoms. The van der Waals surface area contributed by atoms with E-state index in [1.807, 2.05) is 0 Å². The van der Waals surface area contributed by atoms with Crippen molar-refractivity contribution in [1.29, 1.82) is 0 Å². The monoisotopic (exact) mass is 240 g/mol. The molecule has 2 N–H and O–H groups in total. The van der Waals surface area contributed by atoms with E-state index < -0.39 is 12.3 Å². The SMILES string of the molecule is C1CN2CC2O1.CN(C)C(N)=NC(F)(F)F. The van der Waals surface area contributed by atoms with Crippen molar-refractivity contribution in [2.24, 2.45) is 10.7 Å². The largest absolute Gasteiger partial charge is 0.506 e. The van der Waals surface area contributed by atoms with E-state index in [9.17, 15) is 13.2 Å². The number of morpholine rings is 1. The molecule has 2 saturated heterocycles. The average molecular weight is 240 g/mol. The Labute approximate surface area is 91.7 Å². The van der Waals surface area contributed by atoms with Gasteiger partial charge in [-0.1, -0.05) is 0 Å². The van der Waals surface area contributed by atoms with Crippen molar-refractivity contribution in [2.75, 3.05) is 33.8 Å². The van der Waals surface area contributed by atoms with E-state index in [0.717, 1.165) is 11.5 Å². The minimum atomic E-state index is -4.58. The Morgan fingerprint density at radius 1 is 1.50 bits per heavy atom. The average Bonchev–Trinajstić information content (AvgIpc) is 2.72. The summed E-state index contributed by atoms with van der Waals surface area (Å²) in [4.78, 5) is 5.61. The van der Waals surface area contributed by atoms with Crippen LogP contribution >= 0.6 is 0 Å². The predicted molar refractivity (Wildman–Crippen MR) is 52.7 cm³/mol. The highest BCUT2D eigenvalue weighted by Gasteiger charge is 2.39. The smallest absolute Gasteiger partial charge is 0.370 e. The van der Waals surface area contributed by atoms with Gasteiger partial charge in [0.15, 0.2) is 5.96 Å². The summed E-state index contributed by atoms with van der Waals surface area (Å²) in [7, 11) is 2.76. The van der Waals surface area contributed by atoms with E-state index in [0.29, 0.717) is 6.23 Å². The molecule has 8 heteroatoms. The molecule has 16 heavy (non-hydrogen) atoms. The fraction of sp³-hybridized carbons (Fsp3) is 0.875. The van der Waals surface area contributed by atoms with Crippen LogP contribution in [0.1, 0.15) is 0 Å². The second-order valence-electron chi connectivity index (χ2n) is 3.65. The van der Waals surface area contributed by atoms with Crippen LogP contribution in [0, 0.1) is 0 Å². The number of alkyl halides is 3. The van der Waals surface area contributed by atoms with Gasteiger partial charge in [-0.3, -0.25) is 4.90 Å². The molecule has 2 aliphatic rings. The molecule has 2 rings (SSSR count). The van der Waals surface area contributed by atoms with Gasteiger partial charge in [0.2, 0.25) is 0 Å². The van der Waals surface area contributed by atoms with Gasteiger partial charge < -0.3 is 15.4 Å². The van der Waals surface area contributed by atoms with E-state index >= 15 is 0 Å². The van der Waals surface area contributed by atoms with Crippen LogP contribution < -0.4 is 5.73 Å². The fourth-order valence-electron chi connectivity index (χ4n) is 1.08. The quantitative estimate of drug-likeness (QED) is 0.281. The van der Waals surface area contributed by atoms with Crippen LogP contribution in [0.2, 0.25) is 0 Å². The summed E-state index contributed by atoms with van der Waals surface area (Å²) in [6, 6.07) is 0. The van der Waals surface area contributed by atoms with Crippen molar-refractivity contribution in [1.82, 2.24) is 9.80 Å². The molecule has 2 unspecified atom stereocenters. The maximum absolute atomic E-state index is 11.4. The van der Waals surface area contributed by atoms with Crippen LogP contribution in [0.4, 0.5) is 13.2 Å². The van der Waals surface area contributed by atoms with E-state index in [2.05, 4.69) is 9.89 Å². The second-order valence-corrected chi connectivity index (χ2v) is 3.65. The summed E-state index contributed by atoms with van der Waals surface area (Å²) < 4.78 is 39.3. The van der Waals surface area contributed by atoms with Crippen molar-refractivity contribution in [3.05, 3.63) is 0 Å². The van der Waals surface area contributed by atoms with Gasteiger partial charge in [-0.25, -0.2) is 0 Å². The molecule has 0 aliphatic carbocycles. The van der Waals surface area contributed by atoms with Gasteiger partial charge in [0.1, 0.15) is 6.23 Å². The molecular formula is C8H15F3N4O. The van der Waals surface area contributed by atoms with Gasteiger partial charge in [-0.05, 0) is 0 Å². The van der Waals surface area contributed by atoms with Crippen molar-refractivity contribution in [2.45, 2.75) is 12.5 Å². The minimum Gasteiger partial charge on any atom is -0.370 e. The maximum atomic E-state index is 11.4. The lowest BCUT2D eigenvalue weighted by molar-refractivity contribution is -0.120. The summed E-state index contributed by atoms with van der Waals surface area (Å²) in [6.45, 7) is 3.33. The first-order valence-corrected chi connectivity index (χ1v) is 4.74. The Bertz CT molecular complexity index is 258. The van der Waals surface area contributed by atoms with Crippen molar-refractivity contribution in [3.63, 3.8) is 0 Å². The molecule has 0 aromatic carbocycles. The van der Waals surface area contributed by atoms with Gasteiger partial charge in [0, 0.05) is 27.2 Å². The number of nitrogens with two attached hydrogens (primary N) is 1. The minimum absolute atomic E-state index is 0.546. The number of ether oxygens (including phenoxy) is 1. The molecule has 0 aromatic heterocycles. The molecular weight excluding hydrogens is 225 g/mol. The Kier molecular flexibility index (Phi) is 3.98. The summed E-state index contributed by atoms with van der Waals surface area (Å²) >= 11 is 0. The topological polar surface area (TPSA) is 53.9 Å². The number of hydrogen-bond donors (Lipinski definition) is 1. The van der Waals surface area contributed by atoms with Crippen LogP contribution in [0.25, 0.3) is 0 Å². The number of rotatable bonds is 0. The molecule has 0 aromatic rings. The second kappa shape index (κ2) is 4.88. The van der Waals surface area contributed by atoms with Gasteiger partial charge in [0.05, 0.1) is 6.61 Å². The third-order valence-electron chi connectivity index (χ3n) is 2.05. The van der Waals surface area contributed by atoms with Crippen LogP contribution in [0.15, 0.2) is 4.99 Å². The van der Waals surface area contributed by atoms with E-state index in [-0.39, 0.29) is 0 Å². The summed E-state index contributed by atoms with van der Waals surface area (Å²) in [5.41, 5.74) is 4.86. The number of halogens is 3. The lowest BCUT2D eigenvalue weighted by Gasteiger charge is -2.10. The fourth-order valence-corrected chi connectivity index (χ4v) is 1.08. The van der Waals surface area contributed by atoms with Crippen LogP contribution in [-0.4, -0.2) is 62.1 Å². The molecule has 2 atom stereocenters. The lowest BCUT2D eigenvalue weighted by Crippen LogP contribution is -2.32. The maximum Gasteiger partial charge on any atom is 0.506 e. The first-order valence-electron chi connectivity index (χ1n) is 4.74. The third-order valence-corrected chi connectivity index (χ3v) is 2.05. The van der Waals surface area contributed by atoms with Crippen LogP contribution in [0.5, 0.6) is 0 Å². The number of nitrogens with zero attached hydrogens (tertiary/aromatic N) is 3. The van der Waals surface area contributed by atoms with Crippen molar-refractivity contribution in [3.8, 4) is 0 Å².